The molecule has 2 heterocycles. The molecule has 0 spiro atoms. The summed E-state index contributed by atoms with van der Waals surface area (Å²) in [6.07, 6.45) is 3.28. The van der Waals surface area contributed by atoms with Gasteiger partial charge < -0.3 is 20.4 Å². The van der Waals surface area contributed by atoms with Crippen molar-refractivity contribution >= 4 is 17.5 Å². The van der Waals surface area contributed by atoms with Gasteiger partial charge in [0.2, 0.25) is 0 Å². The first-order valence-corrected chi connectivity index (χ1v) is 8.11. The average Bonchev–Trinajstić information content (AvgIpc) is 3.10. The Kier molecular flexibility index (Phi) is 4.96. The van der Waals surface area contributed by atoms with E-state index in [1.54, 1.807) is 36.4 Å². The van der Waals surface area contributed by atoms with Gasteiger partial charge in [-0.15, -0.1) is 0 Å². The number of carbonyl (C=O) groups is 2. The van der Waals surface area contributed by atoms with Crippen molar-refractivity contribution in [2.75, 3.05) is 11.9 Å². The minimum absolute atomic E-state index is 0.122. The summed E-state index contributed by atoms with van der Waals surface area (Å²) in [7, 11) is 0. The van der Waals surface area contributed by atoms with Gasteiger partial charge >= 0.3 is 0 Å². The van der Waals surface area contributed by atoms with E-state index in [0.29, 0.717) is 17.3 Å². The molecule has 6 nitrogen and oxygen atoms in total. The van der Waals surface area contributed by atoms with Crippen LogP contribution in [0.25, 0.3) is 0 Å². The first kappa shape index (κ1) is 16.3. The number of nitrogens with one attached hydrogen (secondary N) is 3. The standard InChI is InChI=1S/C18H21N3O3/c1-12-10-15(7-8-19-12)20-17(22)13-4-2-5-14(11-13)21-18(23)16-6-3-9-24-16/h2-6,9,11-12,15,19H,7-8,10H2,1H3,(H,20,22)(H,21,23). The van der Waals surface area contributed by atoms with Crippen molar-refractivity contribution in [2.45, 2.75) is 31.8 Å². The van der Waals surface area contributed by atoms with Gasteiger partial charge in [0.1, 0.15) is 0 Å². The molecule has 0 bridgehead atoms. The number of amides is 2. The van der Waals surface area contributed by atoms with Crippen molar-refractivity contribution in [1.29, 1.82) is 0 Å². The van der Waals surface area contributed by atoms with Crippen molar-refractivity contribution in [3.8, 4) is 0 Å². The van der Waals surface area contributed by atoms with Crippen molar-refractivity contribution in [3.63, 3.8) is 0 Å². The Hall–Kier alpha value is -2.60. The molecule has 0 radical (unpaired) electrons. The summed E-state index contributed by atoms with van der Waals surface area (Å²) in [4.78, 5) is 24.4. The Bertz CT molecular complexity index is 712. The number of anilines is 1. The Labute approximate surface area is 140 Å². The van der Waals surface area contributed by atoms with Crippen LogP contribution in [-0.4, -0.2) is 30.4 Å². The maximum Gasteiger partial charge on any atom is 0.291 e. The highest BCUT2D eigenvalue weighted by atomic mass is 16.3. The summed E-state index contributed by atoms with van der Waals surface area (Å²) < 4.78 is 5.06. The Morgan fingerprint density at radius 1 is 1.21 bits per heavy atom. The fraction of sp³-hybridized carbons (Fsp3) is 0.333. The molecular formula is C18H21N3O3. The van der Waals surface area contributed by atoms with E-state index in [2.05, 4.69) is 22.9 Å². The van der Waals surface area contributed by atoms with Gasteiger partial charge in [-0.1, -0.05) is 6.07 Å². The quantitative estimate of drug-likeness (QED) is 0.805. The van der Waals surface area contributed by atoms with E-state index in [9.17, 15) is 9.59 Å². The summed E-state index contributed by atoms with van der Waals surface area (Å²) in [5.74, 6) is -0.235. The van der Waals surface area contributed by atoms with Crippen molar-refractivity contribution in [2.24, 2.45) is 0 Å². The molecule has 1 aromatic carbocycles. The third kappa shape index (κ3) is 4.02. The molecule has 0 saturated carbocycles. The SMILES string of the molecule is CC1CC(NC(=O)c2cccc(NC(=O)c3ccco3)c2)CCN1. The van der Waals surface area contributed by atoms with Gasteiger partial charge in [-0.25, -0.2) is 0 Å². The molecule has 1 aliphatic rings. The second-order valence-electron chi connectivity index (χ2n) is 6.06. The van der Waals surface area contributed by atoms with Gasteiger partial charge in [-0.2, -0.15) is 0 Å². The van der Waals surface area contributed by atoms with E-state index in [1.807, 2.05) is 0 Å². The van der Waals surface area contributed by atoms with Gasteiger partial charge in [0.05, 0.1) is 6.26 Å². The predicted octanol–water partition coefficient (Wildman–Crippen LogP) is 2.40. The Balaban J connectivity index is 1.64. The van der Waals surface area contributed by atoms with Gasteiger partial charge in [0.15, 0.2) is 5.76 Å². The summed E-state index contributed by atoms with van der Waals surface area (Å²) in [6.45, 7) is 3.02. The van der Waals surface area contributed by atoms with Crippen LogP contribution in [0.15, 0.2) is 47.1 Å². The molecule has 6 heteroatoms. The van der Waals surface area contributed by atoms with Gasteiger partial charge in [0, 0.05) is 23.3 Å². The average molecular weight is 327 g/mol. The number of carbonyl (C=O) groups excluding carboxylic acids is 2. The normalized spacial score (nSPS) is 20.4. The molecule has 2 aromatic rings. The zero-order chi connectivity index (χ0) is 16.9. The minimum Gasteiger partial charge on any atom is -0.459 e. The Morgan fingerprint density at radius 3 is 2.83 bits per heavy atom. The number of hydrogen-bond acceptors (Lipinski definition) is 4. The molecule has 2 amide bonds. The summed E-state index contributed by atoms with van der Waals surface area (Å²) in [6, 6.07) is 10.7. The molecule has 2 atom stereocenters. The van der Waals surface area contributed by atoms with Crippen LogP contribution in [-0.2, 0) is 0 Å². The summed E-state index contributed by atoms with van der Waals surface area (Å²) >= 11 is 0. The highest BCUT2D eigenvalue weighted by molar-refractivity contribution is 6.03. The van der Waals surface area contributed by atoms with E-state index in [0.717, 1.165) is 19.4 Å². The molecule has 3 N–H and O–H groups in total. The minimum atomic E-state index is -0.343. The van der Waals surface area contributed by atoms with Crippen LogP contribution in [0, 0.1) is 0 Å². The fourth-order valence-corrected chi connectivity index (χ4v) is 2.87. The monoisotopic (exact) mass is 327 g/mol. The third-order valence-corrected chi connectivity index (χ3v) is 4.09. The maximum absolute atomic E-state index is 12.4. The number of piperidine rings is 1. The smallest absolute Gasteiger partial charge is 0.291 e. The molecule has 1 saturated heterocycles. The van der Waals surface area contributed by atoms with Crippen LogP contribution in [0.3, 0.4) is 0 Å². The molecule has 126 valence electrons. The number of rotatable bonds is 4. The molecule has 1 aromatic heterocycles. The second-order valence-corrected chi connectivity index (χ2v) is 6.06. The lowest BCUT2D eigenvalue weighted by Gasteiger charge is -2.28. The topological polar surface area (TPSA) is 83.4 Å². The van der Waals surface area contributed by atoms with E-state index in [4.69, 9.17) is 4.42 Å². The van der Waals surface area contributed by atoms with Crippen LogP contribution in [0.2, 0.25) is 0 Å². The molecule has 0 aliphatic carbocycles. The highest BCUT2D eigenvalue weighted by Crippen LogP contribution is 2.14. The summed E-state index contributed by atoms with van der Waals surface area (Å²) in [5, 5.41) is 9.15. The van der Waals surface area contributed by atoms with Crippen molar-refractivity contribution in [1.82, 2.24) is 10.6 Å². The number of hydrogen-bond donors (Lipinski definition) is 3. The zero-order valence-electron chi connectivity index (χ0n) is 13.5. The Morgan fingerprint density at radius 2 is 2.08 bits per heavy atom. The molecule has 1 aliphatic heterocycles. The summed E-state index contributed by atoms with van der Waals surface area (Å²) in [5.41, 5.74) is 1.08. The van der Waals surface area contributed by atoms with Crippen molar-refractivity contribution in [3.05, 3.63) is 54.0 Å². The van der Waals surface area contributed by atoms with Crippen LogP contribution in [0.1, 0.15) is 40.7 Å². The lowest BCUT2D eigenvalue weighted by molar-refractivity contribution is 0.0924. The maximum atomic E-state index is 12.4. The molecule has 24 heavy (non-hydrogen) atoms. The van der Waals surface area contributed by atoms with E-state index < -0.39 is 0 Å². The first-order valence-electron chi connectivity index (χ1n) is 8.11. The highest BCUT2D eigenvalue weighted by Gasteiger charge is 2.20. The van der Waals surface area contributed by atoms with E-state index >= 15 is 0 Å². The van der Waals surface area contributed by atoms with Gasteiger partial charge in [-0.3, -0.25) is 9.59 Å². The molecule has 3 rings (SSSR count). The van der Waals surface area contributed by atoms with E-state index in [-0.39, 0.29) is 23.6 Å². The largest absolute Gasteiger partial charge is 0.459 e. The second kappa shape index (κ2) is 7.31. The van der Waals surface area contributed by atoms with E-state index in [1.165, 1.54) is 6.26 Å². The lowest BCUT2D eigenvalue weighted by Crippen LogP contribution is -2.46. The number of benzene rings is 1. The molecule has 2 unspecified atom stereocenters. The zero-order valence-corrected chi connectivity index (χ0v) is 13.5. The van der Waals surface area contributed by atoms with Crippen LogP contribution in [0.4, 0.5) is 5.69 Å². The third-order valence-electron chi connectivity index (χ3n) is 4.09. The molecule has 1 fully saturated rings. The van der Waals surface area contributed by atoms with Crippen molar-refractivity contribution < 1.29 is 14.0 Å². The fourth-order valence-electron chi connectivity index (χ4n) is 2.87. The lowest BCUT2D eigenvalue weighted by atomic mass is 10.00. The first-order chi connectivity index (χ1) is 11.6. The van der Waals surface area contributed by atoms with Crippen LogP contribution >= 0.6 is 0 Å². The van der Waals surface area contributed by atoms with Crippen LogP contribution < -0.4 is 16.0 Å². The van der Waals surface area contributed by atoms with Gasteiger partial charge in [-0.05, 0) is 56.6 Å². The van der Waals surface area contributed by atoms with Crippen LogP contribution in [0.5, 0.6) is 0 Å². The molecular weight excluding hydrogens is 306 g/mol. The van der Waals surface area contributed by atoms with Gasteiger partial charge in [0.25, 0.3) is 11.8 Å². The predicted molar refractivity (Wildman–Crippen MR) is 91.1 cm³/mol. The number of furan rings is 1.